The summed E-state index contributed by atoms with van der Waals surface area (Å²) >= 11 is 3.64. The Morgan fingerprint density at radius 2 is 1.71 bits per heavy atom. The summed E-state index contributed by atoms with van der Waals surface area (Å²) in [5, 5.41) is 0. The summed E-state index contributed by atoms with van der Waals surface area (Å²) in [5.41, 5.74) is 8.07. The molecule has 0 fully saturated rings. The zero-order valence-electron chi connectivity index (χ0n) is 13.1. The van der Waals surface area contributed by atoms with Gasteiger partial charge in [-0.25, -0.2) is 0 Å². The van der Waals surface area contributed by atoms with Gasteiger partial charge in [-0.15, -0.1) is 0 Å². The first-order chi connectivity index (χ1) is 10.2. The van der Waals surface area contributed by atoms with E-state index in [0.29, 0.717) is 6.54 Å². The molecule has 0 aliphatic rings. The highest BCUT2D eigenvalue weighted by Gasteiger charge is 2.09. The molecule has 0 unspecified atom stereocenters. The van der Waals surface area contributed by atoms with E-state index < -0.39 is 0 Å². The number of ether oxygens (including phenoxy) is 2. The maximum absolute atomic E-state index is 5.67. The third-order valence-electron chi connectivity index (χ3n) is 3.26. The lowest BCUT2D eigenvalue weighted by atomic mass is 10.1. The number of hydrogen-bond donors (Lipinski definition) is 1. The van der Waals surface area contributed by atoms with Crippen molar-refractivity contribution in [2.24, 2.45) is 5.73 Å². The second-order valence-corrected chi connectivity index (χ2v) is 5.65. The predicted octanol–water partition coefficient (Wildman–Crippen LogP) is 2.78. The fourth-order valence-electron chi connectivity index (χ4n) is 2.03. The molecule has 1 rings (SSSR count). The molecule has 21 heavy (non-hydrogen) atoms. The minimum atomic E-state index is 0.567. The lowest BCUT2D eigenvalue weighted by Gasteiger charge is -2.23. The number of hydrogen-bond acceptors (Lipinski definition) is 4. The molecule has 0 heterocycles. The largest absolute Gasteiger partial charge is 0.380 e. The van der Waals surface area contributed by atoms with Gasteiger partial charge in [0, 0.05) is 43.9 Å². The average molecular weight is 359 g/mol. The van der Waals surface area contributed by atoms with Crippen molar-refractivity contribution in [3.8, 4) is 0 Å². The third kappa shape index (κ3) is 7.38. The van der Waals surface area contributed by atoms with Crippen molar-refractivity contribution in [3.63, 3.8) is 0 Å². The van der Waals surface area contributed by atoms with E-state index in [1.807, 2.05) is 13.8 Å². The van der Waals surface area contributed by atoms with Crippen LogP contribution in [0.2, 0.25) is 0 Å². The lowest BCUT2D eigenvalue weighted by molar-refractivity contribution is 0.0797. The van der Waals surface area contributed by atoms with Gasteiger partial charge in [0.25, 0.3) is 0 Å². The minimum Gasteiger partial charge on any atom is -0.380 e. The summed E-state index contributed by atoms with van der Waals surface area (Å²) in [4.78, 5) is 2.35. The molecule has 0 aliphatic carbocycles. The van der Waals surface area contributed by atoms with E-state index in [2.05, 4.69) is 39.0 Å². The number of nitrogens with zero attached hydrogens (tertiary/aromatic N) is 1. The Labute approximate surface area is 136 Å². The van der Waals surface area contributed by atoms with E-state index in [1.165, 1.54) is 5.56 Å². The van der Waals surface area contributed by atoms with Crippen LogP contribution in [0.1, 0.15) is 25.0 Å². The van der Waals surface area contributed by atoms with Crippen LogP contribution in [0.5, 0.6) is 0 Å². The van der Waals surface area contributed by atoms with Crippen molar-refractivity contribution < 1.29 is 9.47 Å². The number of rotatable bonds is 11. The molecule has 0 saturated carbocycles. The van der Waals surface area contributed by atoms with Crippen LogP contribution >= 0.6 is 15.9 Å². The van der Waals surface area contributed by atoms with Crippen molar-refractivity contribution in [2.75, 3.05) is 39.5 Å². The molecule has 5 heteroatoms. The predicted molar refractivity (Wildman–Crippen MR) is 90.3 cm³/mol. The van der Waals surface area contributed by atoms with Crippen molar-refractivity contribution in [1.82, 2.24) is 4.90 Å². The average Bonchev–Trinajstić information content (AvgIpc) is 2.49. The topological polar surface area (TPSA) is 47.7 Å². The van der Waals surface area contributed by atoms with Crippen LogP contribution in [-0.2, 0) is 22.6 Å². The summed E-state index contributed by atoms with van der Waals surface area (Å²) < 4.78 is 12.0. The number of halogens is 1. The van der Waals surface area contributed by atoms with Crippen molar-refractivity contribution >= 4 is 15.9 Å². The molecule has 0 aromatic heterocycles. The van der Waals surface area contributed by atoms with Gasteiger partial charge < -0.3 is 15.2 Å². The highest BCUT2D eigenvalue weighted by atomic mass is 79.9. The van der Waals surface area contributed by atoms with E-state index in [1.54, 1.807) is 0 Å². The van der Waals surface area contributed by atoms with Gasteiger partial charge in [0.2, 0.25) is 0 Å². The second-order valence-electron chi connectivity index (χ2n) is 4.80. The Balaban J connectivity index is 2.60. The first-order valence-electron chi connectivity index (χ1n) is 7.56. The lowest BCUT2D eigenvalue weighted by Crippen LogP contribution is -2.31. The first kappa shape index (κ1) is 18.6. The van der Waals surface area contributed by atoms with Crippen molar-refractivity contribution in [2.45, 2.75) is 26.9 Å². The number of benzene rings is 1. The molecule has 0 atom stereocenters. The van der Waals surface area contributed by atoms with Crippen LogP contribution in [0, 0.1) is 0 Å². The summed E-state index contributed by atoms with van der Waals surface area (Å²) in [7, 11) is 0. The molecule has 1 aromatic rings. The summed E-state index contributed by atoms with van der Waals surface area (Å²) in [5.74, 6) is 0. The van der Waals surface area contributed by atoms with Gasteiger partial charge in [0.1, 0.15) is 0 Å². The van der Waals surface area contributed by atoms with Crippen molar-refractivity contribution in [3.05, 3.63) is 33.8 Å². The molecule has 0 radical (unpaired) electrons. The molecule has 4 nitrogen and oxygen atoms in total. The molecule has 0 amide bonds. The highest BCUT2D eigenvalue weighted by molar-refractivity contribution is 9.10. The Hall–Kier alpha value is -0.460. The monoisotopic (exact) mass is 358 g/mol. The molecule has 0 aliphatic heterocycles. The fourth-order valence-corrected chi connectivity index (χ4v) is 2.58. The van der Waals surface area contributed by atoms with Crippen LogP contribution < -0.4 is 5.73 Å². The van der Waals surface area contributed by atoms with Crippen LogP contribution in [0.15, 0.2) is 22.7 Å². The zero-order chi connectivity index (χ0) is 15.5. The normalized spacial score (nSPS) is 11.3. The van der Waals surface area contributed by atoms with Gasteiger partial charge in [-0.05, 0) is 31.0 Å². The Kier molecular flexibility index (Phi) is 9.87. The standard InChI is InChI=1S/C16H27BrN2O2/c1-3-20-9-7-19(8-10-21-4-2)13-15-6-5-14(12-18)11-16(15)17/h5-6,11H,3-4,7-10,12-13,18H2,1-2H3. The maximum atomic E-state index is 5.67. The van der Waals surface area contributed by atoms with E-state index in [-0.39, 0.29) is 0 Å². The quantitative estimate of drug-likeness (QED) is 0.618. The van der Waals surface area contributed by atoms with Crippen LogP contribution in [0.3, 0.4) is 0 Å². The molecular weight excluding hydrogens is 332 g/mol. The Morgan fingerprint density at radius 1 is 1.10 bits per heavy atom. The van der Waals surface area contributed by atoms with E-state index in [9.17, 15) is 0 Å². The third-order valence-corrected chi connectivity index (χ3v) is 4.00. The maximum Gasteiger partial charge on any atom is 0.0593 e. The van der Waals surface area contributed by atoms with Crippen LogP contribution in [-0.4, -0.2) is 44.4 Å². The van der Waals surface area contributed by atoms with Crippen LogP contribution in [0.25, 0.3) is 0 Å². The summed E-state index contributed by atoms with van der Waals surface area (Å²) in [6.45, 7) is 10.3. The molecular formula is C16H27BrN2O2. The van der Waals surface area contributed by atoms with E-state index >= 15 is 0 Å². The van der Waals surface area contributed by atoms with Gasteiger partial charge in [-0.2, -0.15) is 0 Å². The minimum absolute atomic E-state index is 0.567. The SMILES string of the molecule is CCOCCN(CCOCC)Cc1ccc(CN)cc1Br. The van der Waals surface area contributed by atoms with Gasteiger partial charge in [-0.1, -0.05) is 28.1 Å². The smallest absolute Gasteiger partial charge is 0.0593 e. The molecule has 2 N–H and O–H groups in total. The molecule has 1 aromatic carbocycles. The highest BCUT2D eigenvalue weighted by Crippen LogP contribution is 2.20. The van der Waals surface area contributed by atoms with E-state index in [4.69, 9.17) is 15.2 Å². The fraction of sp³-hybridized carbons (Fsp3) is 0.625. The van der Waals surface area contributed by atoms with Gasteiger partial charge in [0.05, 0.1) is 13.2 Å². The molecule has 0 saturated heterocycles. The Bertz CT molecular complexity index is 392. The van der Waals surface area contributed by atoms with Gasteiger partial charge >= 0.3 is 0 Å². The molecule has 0 spiro atoms. The summed E-state index contributed by atoms with van der Waals surface area (Å²) in [6, 6.07) is 6.32. The van der Waals surface area contributed by atoms with Crippen molar-refractivity contribution in [1.29, 1.82) is 0 Å². The second kappa shape index (κ2) is 11.2. The zero-order valence-corrected chi connectivity index (χ0v) is 14.7. The van der Waals surface area contributed by atoms with Gasteiger partial charge in [0.15, 0.2) is 0 Å². The van der Waals surface area contributed by atoms with Gasteiger partial charge in [-0.3, -0.25) is 4.90 Å². The Morgan fingerprint density at radius 3 is 2.19 bits per heavy atom. The number of nitrogens with two attached hydrogens (primary N) is 1. The molecule has 0 bridgehead atoms. The van der Waals surface area contributed by atoms with E-state index in [0.717, 1.165) is 56.1 Å². The molecule has 120 valence electrons. The van der Waals surface area contributed by atoms with Crippen LogP contribution in [0.4, 0.5) is 0 Å². The first-order valence-corrected chi connectivity index (χ1v) is 8.35. The summed E-state index contributed by atoms with van der Waals surface area (Å²) in [6.07, 6.45) is 0.